The van der Waals surface area contributed by atoms with Gasteiger partial charge in [-0.2, -0.15) is 0 Å². The molecule has 21 heavy (non-hydrogen) atoms. The molecule has 0 bridgehead atoms. The Morgan fingerprint density at radius 1 is 1.19 bits per heavy atom. The Bertz CT molecular complexity index is 615. The van der Waals surface area contributed by atoms with Crippen LogP contribution in [0.5, 0.6) is 0 Å². The number of hydrogen-bond acceptors (Lipinski definition) is 1. The third-order valence-electron chi connectivity index (χ3n) is 3.26. The molecule has 0 fully saturated rings. The molecule has 0 unspecified atom stereocenters. The predicted molar refractivity (Wildman–Crippen MR) is 86.1 cm³/mol. The van der Waals surface area contributed by atoms with Gasteiger partial charge in [-0.05, 0) is 36.2 Å². The summed E-state index contributed by atoms with van der Waals surface area (Å²) in [6, 6.07) is 14.3. The van der Waals surface area contributed by atoms with Gasteiger partial charge in [-0.15, -0.1) is 0 Å². The van der Waals surface area contributed by atoms with E-state index in [0.717, 1.165) is 5.56 Å². The minimum Gasteiger partial charge on any atom is -0.333 e. The SMILES string of the molecule is Cc1cc(C(=O)N(CCBr)Cc2ccccc2)ccc1F. The standard InChI is InChI=1S/C17H17BrFNO/c1-13-11-15(7-8-16(13)19)17(21)20(10-9-18)12-14-5-3-2-4-6-14/h2-8,11H,9-10,12H2,1H3. The van der Waals surface area contributed by atoms with E-state index < -0.39 is 0 Å². The van der Waals surface area contributed by atoms with Crippen molar-refractivity contribution < 1.29 is 9.18 Å². The van der Waals surface area contributed by atoms with Crippen LogP contribution in [-0.4, -0.2) is 22.7 Å². The molecule has 0 aliphatic carbocycles. The molecule has 0 saturated carbocycles. The van der Waals surface area contributed by atoms with Gasteiger partial charge in [0, 0.05) is 24.0 Å². The molecule has 0 saturated heterocycles. The molecule has 4 heteroatoms. The highest BCUT2D eigenvalue weighted by atomic mass is 79.9. The summed E-state index contributed by atoms with van der Waals surface area (Å²) in [4.78, 5) is 14.3. The second kappa shape index (κ2) is 7.36. The van der Waals surface area contributed by atoms with E-state index in [2.05, 4.69) is 15.9 Å². The Hall–Kier alpha value is -1.68. The normalized spacial score (nSPS) is 10.4. The van der Waals surface area contributed by atoms with E-state index in [0.29, 0.717) is 29.5 Å². The molecular weight excluding hydrogens is 333 g/mol. The van der Waals surface area contributed by atoms with Crippen LogP contribution in [0.15, 0.2) is 48.5 Å². The highest BCUT2D eigenvalue weighted by molar-refractivity contribution is 9.09. The topological polar surface area (TPSA) is 20.3 Å². The van der Waals surface area contributed by atoms with E-state index in [-0.39, 0.29) is 11.7 Å². The molecule has 0 aliphatic heterocycles. The van der Waals surface area contributed by atoms with Gasteiger partial charge in [-0.25, -0.2) is 4.39 Å². The van der Waals surface area contributed by atoms with Crippen molar-refractivity contribution in [3.8, 4) is 0 Å². The van der Waals surface area contributed by atoms with Crippen LogP contribution in [0.25, 0.3) is 0 Å². The molecule has 2 rings (SSSR count). The Morgan fingerprint density at radius 3 is 2.52 bits per heavy atom. The van der Waals surface area contributed by atoms with E-state index in [4.69, 9.17) is 0 Å². The zero-order valence-electron chi connectivity index (χ0n) is 11.9. The number of hydrogen-bond donors (Lipinski definition) is 0. The summed E-state index contributed by atoms with van der Waals surface area (Å²) in [7, 11) is 0. The fraction of sp³-hybridized carbons (Fsp3) is 0.235. The lowest BCUT2D eigenvalue weighted by molar-refractivity contribution is 0.0754. The lowest BCUT2D eigenvalue weighted by atomic mass is 10.1. The summed E-state index contributed by atoms with van der Waals surface area (Å²) in [5.41, 5.74) is 2.08. The van der Waals surface area contributed by atoms with Gasteiger partial charge in [0.25, 0.3) is 5.91 Å². The van der Waals surface area contributed by atoms with Gasteiger partial charge in [0.2, 0.25) is 0 Å². The first-order valence-electron chi connectivity index (χ1n) is 6.77. The minimum atomic E-state index is -0.290. The Labute approximate surface area is 132 Å². The number of aryl methyl sites for hydroxylation is 1. The summed E-state index contributed by atoms with van der Waals surface area (Å²) in [5, 5.41) is 0.700. The van der Waals surface area contributed by atoms with Crippen LogP contribution in [0.2, 0.25) is 0 Å². The average molecular weight is 350 g/mol. The number of halogens is 2. The molecule has 110 valence electrons. The highest BCUT2D eigenvalue weighted by Crippen LogP contribution is 2.14. The third-order valence-corrected chi connectivity index (χ3v) is 3.62. The number of rotatable bonds is 5. The Kier molecular flexibility index (Phi) is 5.51. The molecule has 0 N–H and O–H groups in total. The van der Waals surface area contributed by atoms with Crippen molar-refractivity contribution in [2.45, 2.75) is 13.5 Å². The van der Waals surface area contributed by atoms with Crippen LogP contribution in [-0.2, 0) is 6.54 Å². The van der Waals surface area contributed by atoms with Crippen molar-refractivity contribution in [1.82, 2.24) is 4.90 Å². The van der Waals surface area contributed by atoms with Crippen LogP contribution in [0.4, 0.5) is 4.39 Å². The lowest BCUT2D eigenvalue weighted by Crippen LogP contribution is -2.32. The first kappa shape index (κ1) is 15.7. The van der Waals surface area contributed by atoms with Crippen molar-refractivity contribution in [3.63, 3.8) is 0 Å². The van der Waals surface area contributed by atoms with Gasteiger partial charge in [0.15, 0.2) is 0 Å². The fourth-order valence-electron chi connectivity index (χ4n) is 2.12. The minimum absolute atomic E-state index is 0.0820. The molecule has 0 atom stereocenters. The van der Waals surface area contributed by atoms with Gasteiger partial charge >= 0.3 is 0 Å². The Balaban J connectivity index is 2.20. The lowest BCUT2D eigenvalue weighted by Gasteiger charge is -2.22. The smallest absolute Gasteiger partial charge is 0.254 e. The number of nitrogens with zero attached hydrogens (tertiary/aromatic N) is 1. The predicted octanol–water partition coefficient (Wildman–Crippen LogP) is 4.17. The van der Waals surface area contributed by atoms with E-state index in [1.165, 1.54) is 12.1 Å². The van der Waals surface area contributed by atoms with E-state index in [1.54, 1.807) is 17.9 Å². The van der Waals surface area contributed by atoms with Crippen molar-refractivity contribution in [2.24, 2.45) is 0 Å². The average Bonchev–Trinajstić information content (AvgIpc) is 2.50. The molecular formula is C17H17BrFNO. The van der Waals surface area contributed by atoms with Crippen LogP contribution >= 0.6 is 15.9 Å². The van der Waals surface area contributed by atoms with Gasteiger partial charge in [-0.3, -0.25) is 4.79 Å². The van der Waals surface area contributed by atoms with Crippen molar-refractivity contribution in [3.05, 3.63) is 71.0 Å². The highest BCUT2D eigenvalue weighted by Gasteiger charge is 2.16. The fourth-order valence-corrected chi connectivity index (χ4v) is 2.55. The van der Waals surface area contributed by atoms with Crippen molar-refractivity contribution >= 4 is 21.8 Å². The summed E-state index contributed by atoms with van der Waals surface area (Å²) >= 11 is 3.38. The number of alkyl halides is 1. The van der Waals surface area contributed by atoms with Crippen molar-refractivity contribution in [1.29, 1.82) is 0 Å². The number of benzene rings is 2. The zero-order chi connectivity index (χ0) is 15.2. The van der Waals surface area contributed by atoms with E-state index in [1.807, 2.05) is 30.3 Å². The van der Waals surface area contributed by atoms with Crippen molar-refractivity contribution in [2.75, 3.05) is 11.9 Å². The molecule has 0 radical (unpaired) electrons. The summed E-state index contributed by atoms with van der Waals surface area (Å²) < 4.78 is 13.3. The van der Waals surface area contributed by atoms with Crippen LogP contribution in [0.3, 0.4) is 0 Å². The maximum absolute atomic E-state index is 13.3. The number of amides is 1. The van der Waals surface area contributed by atoms with Gasteiger partial charge in [-0.1, -0.05) is 46.3 Å². The maximum Gasteiger partial charge on any atom is 0.254 e. The molecule has 2 aromatic rings. The van der Waals surface area contributed by atoms with E-state index in [9.17, 15) is 9.18 Å². The van der Waals surface area contributed by atoms with Gasteiger partial charge in [0.1, 0.15) is 5.82 Å². The van der Waals surface area contributed by atoms with Crippen LogP contribution in [0.1, 0.15) is 21.5 Å². The molecule has 0 heterocycles. The third kappa shape index (κ3) is 4.14. The molecule has 1 amide bonds. The molecule has 0 spiro atoms. The van der Waals surface area contributed by atoms with Crippen LogP contribution < -0.4 is 0 Å². The van der Waals surface area contributed by atoms with E-state index >= 15 is 0 Å². The second-order valence-corrected chi connectivity index (χ2v) is 5.66. The first-order valence-corrected chi connectivity index (χ1v) is 7.89. The maximum atomic E-state index is 13.3. The monoisotopic (exact) mass is 349 g/mol. The molecule has 0 aromatic heterocycles. The quantitative estimate of drug-likeness (QED) is 0.741. The first-order chi connectivity index (χ1) is 10.1. The second-order valence-electron chi connectivity index (χ2n) is 4.87. The Morgan fingerprint density at radius 2 is 1.90 bits per heavy atom. The summed E-state index contributed by atoms with van der Waals surface area (Å²) in [6.07, 6.45) is 0. The number of carbonyl (C=O) groups is 1. The van der Waals surface area contributed by atoms with Crippen LogP contribution in [0, 0.1) is 12.7 Å². The summed E-state index contributed by atoms with van der Waals surface area (Å²) in [5.74, 6) is -0.372. The molecule has 2 nitrogen and oxygen atoms in total. The van der Waals surface area contributed by atoms with Gasteiger partial charge < -0.3 is 4.90 Å². The summed E-state index contributed by atoms with van der Waals surface area (Å²) in [6.45, 7) is 2.81. The zero-order valence-corrected chi connectivity index (χ0v) is 13.4. The molecule has 0 aliphatic rings. The largest absolute Gasteiger partial charge is 0.333 e. The number of carbonyl (C=O) groups excluding carboxylic acids is 1. The molecule has 2 aromatic carbocycles. The van der Waals surface area contributed by atoms with Gasteiger partial charge in [0.05, 0.1) is 0 Å².